The van der Waals surface area contributed by atoms with E-state index >= 15 is 0 Å². The minimum atomic E-state index is 0.542. The van der Waals surface area contributed by atoms with Crippen molar-refractivity contribution < 1.29 is 5.11 Å². The van der Waals surface area contributed by atoms with Gasteiger partial charge in [-0.2, -0.15) is 0 Å². The third kappa shape index (κ3) is 17.3. The largest absolute Gasteiger partial charge is 0.400 e. The van der Waals surface area contributed by atoms with E-state index in [1.807, 2.05) is 36.4 Å². The zero-order valence-corrected chi connectivity index (χ0v) is 10.1. The van der Waals surface area contributed by atoms with Gasteiger partial charge in [0.2, 0.25) is 0 Å². The Morgan fingerprint density at radius 3 is 1.00 bits per heavy atom. The van der Waals surface area contributed by atoms with Crippen molar-refractivity contribution >= 4 is 0 Å². The number of rotatable bonds is 0. The van der Waals surface area contributed by atoms with Gasteiger partial charge in [0.1, 0.15) is 0 Å². The maximum Gasteiger partial charge on any atom is 0.0319 e. The molecule has 0 atom stereocenters. The first kappa shape index (κ1) is 15.6. The minimum Gasteiger partial charge on any atom is -0.400 e. The molecule has 0 bridgehead atoms. The first-order valence-electron chi connectivity index (χ1n) is 5.01. The summed E-state index contributed by atoms with van der Waals surface area (Å²) in [5.41, 5.74) is 0.542. The Bertz CT molecular complexity index is 147. The summed E-state index contributed by atoms with van der Waals surface area (Å²) >= 11 is 0. The van der Waals surface area contributed by atoms with E-state index in [0.29, 0.717) is 5.41 Å². The molecule has 0 fully saturated rings. The van der Waals surface area contributed by atoms with Gasteiger partial charge < -0.3 is 5.11 Å². The summed E-state index contributed by atoms with van der Waals surface area (Å²) in [5.74, 6) is 0. The van der Waals surface area contributed by atoms with Crippen LogP contribution in [0.3, 0.4) is 0 Å². The standard InChI is InChI=1S/C6H6.C6H14.CH4O/c1-2-4-6-5-3-1;1-5-6(2,3)4;1-2/h1-6H;5H2,1-4H3;2H,1H3. The molecule has 1 nitrogen and oxygen atoms in total. The van der Waals surface area contributed by atoms with Crippen molar-refractivity contribution in [3.8, 4) is 0 Å². The molecule has 0 aromatic heterocycles. The lowest BCUT2D eigenvalue weighted by Gasteiger charge is -2.12. The van der Waals surface area contributed by atoms with Gasteiger partial charge in [0.25, 0.3) is 0 Å². The number of aliphatic hydroxyl groups is 1. The first-order valence-corrected chi connectivity index (χ1v) is 5.01. The molecule has 0 aliphatic heterocycles. The Morgan fingerprint density at radius 1 is 0.786 bits per heavy atom. The van der Waals surface area contributed by atoms with Crippen molar-refractivity contribution in [1.82, 2.24) is 0 Å². The summed E-state index contributed by atoms with van der Waals surface area (Å²) in [6.45, 7) is 8.94. The summed E-state index contributed by atoms with van der Waals surface area (Å²) in [6.07, 6.45) is 1.27. The predicted octanol–water partition coefficient (Wildman–Crippen LogP) is 3.74. The molecule has 0 aliphatic rings. The van der Waals surface area contributed by atoms with Crippen molar-refractivity contribution in [3.63, 3.8) is 0 Å². The van der Waals surface area contributed by atoms with E-state index in [-0.39, 0.29) is 0 Å². The van der Waals surface area contributed by atoms with Gasteiger partial charge in [-0.25, -0.2) is 0 Å². The Morgan fingerprint density at radius 2 is 0.929 bits per heavy atom. The van der Waals surface area contributed by atoms with Crippen molar-refractivity contribution in [3.05, 3.63) is 36.4 Å². The molecule has 0 saturated carbocycles. The minimum absolute atomic E-state index is 0.542. The van der Waals surface area contributed by atoms with E-state index in [0.717, 1.165) is 7.11 Å². The lowest BCUT2D eigenvalue weighted by atomic mass is 9.94. The fourth-order valence-electron chi connectivity index (χ4n) is 0.385. The van der Waals surface area contributed by atoms with Gasteiger partial charge in [0, 0.05) is 7.11 Å². The third-order valence-corrected chi connectivity index (χ3v) is 1.73. The van der Waals surface area contributed by atoms with Gasteiger partial charge in [-0.05, 0) is 5.41 Å². The van der Waals surface area contributed by atoms with Crippen molar-refractivity contribution in [2.45, 2.75) is 34.1 Å². The van der Waals surface area contributed by atoms with Crippen LogP contribution in [0.25, 0.3) is 0 Å². The Labute approximate surface area is 88.8 Å². The van der Waals surface area contributed by atoms with Gasteiger partial charge >= 0.3 is 0 Å². The summed E-state index contributed by atoms with van der Waals surface area (Å²) in [4.78, 5) is 0. The molecule has 1 aromatic carbocycles. The summed E-state index contributed by atoms with van der Waals surface area (Å²) in [6, 6.07) is 12.0. The van der Waals surface area contributed by atoms with Gasteiger partial charge in [-0.1, -0.05) is 70.5 Å². The molecule has 0 heterocycles. The predicted molar refractivity (Wildman–Crippen MR) is 64.3 cm³/mol. The number of benzene rings is 1. The SMILES string of the molecule is CCC(C)(C)C.CO.c1ccccc1. The summed E-state index contributed by atoms with van der Waals surface area (Å²) in [7, 11) is 1.00. The molecular formula is C13H24O. The molecule has 1 aromatic rings. The molecule has 0 aliphatic carbocycles. The molecule has 14 heavy (non-hydrogen) atoms. The molecule has 1 N–H and O–H groups in total. The lowest BCUT2D eigenvalue weighted by molar-refractivity contribution is 0.398. The van der Waals surface area contributed by atoms with Crippen molar-refractivity contribution in [1.29, 1.82) is 0 Å². The zero-order chi connectivity index (χ0) is 11.4. The fraction of sp³-hybridized carbons (Fsp3) is 0.538. The Hall–Kier alpha value is -0.820. The van der Waals surface area contributed by atoms with Gasteiger partial charge in [0.15, 0.2) is 0 Å². The van der Waals surface area contributed by atoms with Crippen LogP contribution < -0.4 is 0 Å². The fourth-order valence-corrected chi connectivity index (χ4v) is 0.385. The Balaban J connectivity index is 0. The van der Waals surface area contributed by atoms with Crippen LogP contribution in [0, 0.1) is 5.41 Å². The van der Waals surface area contributed by atoms with E-state index < -0.39 is 0 Å². The molecule has 1 rings (SSSR count). The van der Waals surface area contributed by atoms with Crippen LogP contribution in [0.2, 0.25) is 0 Å². The van der Waals surface area contributed by atoms with Crippen LogP contribution in [-0.4, -0.2) is 12.2 Å². The normalized spacial score (nSPS) is 9.00. The molecule has 0 saturated heterocycles. The number of hydrogen-bond donors (Lipinski definition) is 1. The maximum atomic E-state index is 7.00. The maximum absolute atomic E-state index is 7.00. The van der Waals surface area contributed by atoms with Crippen LogP contribution in [0.15, 0.2) is 36.4 Å². The highest BCUT2D eigenvalue weighted by Gasteiger charge is 2.03. The van der Waals surface area contributed by atoms with E-state index in [2.05, 4.69) is 27.7 Å². The number of aliphatic hydroxyl groups excluding tert-OH is 1. The average molecular weight is 196 g/mol. The van der Waals surface area contributed by atoms with Crippen LogP contribution in [-0.2, 0) is 0 Å². The summed E-state index contributed by atoms with van der Waals surface area (Å²) in [5, 5.41) is 7.00. The highest BCUT2D eigenvalue weighted by Crippen LogP contribution is 2.16. The van der Waals surface area contributed by atoms with Crippen molar-refractivity contribution in [2.24, 2.45) is 5.41 Å². The second-order valence-electron chi connectivity index (χ2n) is 4.07. The second-order valence-corrected chi connectivity index (χ2v) is 4.07. The smallest absolute Gasteiger partial charge is 0.0319 e. The molecule has 1 heteroatoms. The van der Waals surface area contributed by atoms with Crippen LogP contribution in [0.1, 0.15) is 34.1 Å². The molecule has 0 spiro atoms. The highest BCUT2D eigenvalue weighted by molar-refractivity contribution is 4.99. The van der Waals surface area contributed by atoms with Crippen LogP contribution >= 0.6 is 0 Å². The summed E-state index contributed by atoms with van der Waals surface area (Å²) < 4.78 is 0. The topological polar surface area (TPSA) is 20.2 Å². The molecular weight excluding hydrogens is 172 g/mol. The Kier molecular flexibility index (Phi) is 11.5. The quantitative estimate of drug-likeness (QED) is 0.670. The van der Waals surface area contributed by atoms with E-state index in [1.54, 1.807) is 0 Å². The average Bonchev–Trinajstić information content (AvgIpc) is 2.23. The highest BCUT2D eigenvalue weighted by atomic mass is 16.2. The second kappa shape index (κ2) is 10.3. The molecule has 0 amide bonds. The van der Waals surface area contributed by atoms with Gasteiger partial charge in [-0.15, -0.1) is 0 Å². The lowest BCUT2D eigenvalue weighted by Crippen LogP contribution is -2.00. The van der Waals surface area contributed by atoms with Crippen LogP contribution in [0.5, 0.6) is 0 Å². The van der Waals surface area contributed by atoms with Crippen LogP contribution in [0.4, 0.5) is 0 Å². The molecule has 82 valence electrons. The van der Waals surface area contributed by atoms with Crippen molar-refractivity contribution in [2.75, 3.05) is 7.11 Å². The number of hydrogen-bond acceptors (Lipinski definition) is 1. The van der Waals surface area contributed by atoms with Gasteiger partial charge in [0.05, 0.1) is 0 Å². The molecule has 0 unspecified atom stereocenters. The third-order valence-electron chi connectivity index (χ3n) is 1.73. The monoisotopic (exact) mass is 196 g/mol. The van der Waals surface area contributed by atoms with E-state index in [4.69, 9.17) is 5.11 Å². The van der Waals surface area contributed by atoms with Gasteiger partial charge in [-0.3, -0.25) is 0 Å². The van der Waals surface area contributed by atoms with E-state index in [9.17, 15) is 0 Å². The zero-order valence-electron chi connectivity index (χ0n) is 10.1. The molecule has 0 radical (unpaired) electrons. The first-order chi connectivity index (χ1) is 6.56. The van der Waals surface area contributed by atoms with E-state index in [1.165, 1.54) is 6.42 Å².